The van der Waals surface area contributed by atoms with Crippen molar-refractivity contribution in [2.75, 3.05) is 26.3 Å². The minimum Gasteiger partial charge on any atom is -0.494 e. The quantitative estimate of drug-likeness (QED) is 0.162. The fraction of sp³-hybridized carbons (Fsp3) is 0.333. The molecular formula is C30H31N5O4. The third kappa shape index (κ3) is 5.60. The van der Waals surface area contributed by atoms with Gasteiger partial charge in [-0.3, -0.25) is 4.79 Å². The number of carbonyl (C=O) groups is 1. The Morgan fingerprint density at radius 2 is 1.79 bits per heavy atom. The van der Waals surface area contributed by atoms with Gasteiger partial charge in [0.25, 0.3) is 5.91 Å². The number of aliphatic hydroxyl groups is 1. The van der Waals surface area contributed by atoms with Crippen LogP contribution in [0.2, 0.25) is 0 Å². The molecule has 2 atom stereocenters. The van der Waals surface area contributed by atoms with Crippen molar-refractivity contribution in [3.8, 4) is 5.75 Å². The molecule has 0 unspecified atom stereocenters. The third-order valence-electron chi connectivity index (χ3n) is 7.11. The van der Waals surface area contributed by atoms with Crippen molar-refractivity contribution >= 4 is 17.5 Å². The van der Waals surface area contributed by atoms with Crippen molar-refractivity contribution in [2.24, 2.45) is 10.1 Å². The van der Waals surface area contributed by atoms with Gasteiger partial charge >= 0.3 is 0 Å². The summed E-state index contributed by atoms with van der Waals surface area (Å²) in [6, 6.07) is 24.4. The Kier molecular flexibility index (Phi) is 8.10. The highest BCUT2D eigenvalue weighted by Gasteiger charge is 2.55. The zero-order valence-corrected chi connectivity index (χ0v) is 21.6. The van der Waals surface area contributed by atoms with Crippen LogP contribution in [0.5, 0.6) is 5.75 Å². The van der Waals surface area contributed by atoms with Crippen LogP contribution in [0.4, 0.5) is 5.69 Å². The molecule has 9 heteroatoms. The summed E-state index contributed by atoms with van der Waals surface area (Å²) in [7, 11) is 0. The molecule has 2 aliphatic heterocycles. The molecule has 1 saturated heterocycles. The molecule has 9 nitrogen and oxygen atoms in total. The van der Waals surface area contributed by atoms with E-state index in [-0.39, 0.29) is 18.9 Å². The Hall–Kier alpha value is -4.33. The van der Waals surface area contributed by atoms with Gasteiger partial charge in [-0.1, -0.05) is 59.7 Å². The largest absolute Gasteiger partial charge is 0.494 e. The third-order valence-corrected chi connectivity index (χ3v) is 7.11. The van der Waals surface area contributed by atoms with Crippen molar-refractivity contribution in [3.05, 3.63) is 106 Å². The van der Waals surface area contributed by atoms with Gasteiger partial charge in [-0.05, 0) is 53.8 Å². The molecule has 3 aromatic carbocycles. The summed E-state index contributed by atoms with van der Waals surface area (Å²) in [5.74, 6) is 0.955. The van der Waals surface area contributed by atoms with Crippen LogP contribution in [0, 0.1) is 0 Å². The second-order valence-electron chi connectivity index (χ2n) is 9.69. The SMILES string of the molecule is [N-]=[N+]=Nc1ccccc1C[C@@]1(C(=O)N2CCCC2)N=C(c2ccc(OCCCO)cc2)O[C@@H]1c1ccccc1. The van der Waals surface area contributed by atoms with Crippen molar-refractivity contribution in [1.82, 2.24) is 4.90 Å². The van der Waals surface area contributed by atoms with Crippen LogP contribution in [0.3, 0.4) is 0 Å². The molecule has 39 heavy (non-hydrogen) atoms. The first kappa shape index (κ1) is 26.3. The van der Waals surface area contributed by atoms with E-state index in [2.05, 4.69) is 10.0 Å². The second-order valence-corrected chi connectivity index (χ2v) is 9.69. The molecule has 0 aromatic heterocycles. The summed E-state index contributed by atoms with van der Waals surface area (Å²) in [6.45, 7) is 1.83. The van der Waals surface area contributed by atoms with Crippen LogP contribution in [-0.4, -0.2) is 53.7 Å². The molecule has 0 aliphatic carbocycles. The maximum Gasteiger partial charge on any atom is 0.255 e. The molecule has 0 spiro atoms. The first-order valence-corrected chi connectivity index (χ1v) is 13.2. The van der Waals surface area contributed by atoms with Gasteiger partial charge in [0.1, 0.15) is 5.75 Å². The van der Waals surface area contributed by atoms with E-state index >= 15 is 0 Å². The van der Waals surface area contributed by atoms with Crippen LogP contribution in [0.25, 0.3) is 10.4 Å². The number of amides is 1. The summed E-state index contributed by atoms with van der Waals surface area (Å²) in [5.41, 5.74) is 10.6. The van der Waals surface area contributed by atoms with Crippen LogP contribution in [0.1, 0.15) is 42.1 Å². The van der Waals surface area contributed by atoms with Gasteiger partial charge in [-0.15, -0.1) is 0 Å². The zero-order valence-electron chi connectivity index (χ0n) is 21.6. The van der Waals surface area contributed by atoms with Crippen LogP contribution < -0.4 is 4.74 Å². The standard InChI is InChI=1S/C30H31N5O4/c31-34-33-26-12-5-4-11-24(26)21-30(29(37)35-17-6-7-18-35)27(22-9-2-1-3-10-22)39-28(32-30)23-13-15-25(16-14-23)38-20-8-19-36/h1-5,9-16,27,36H,6-8,17-21H2/t27-,30-/m1/s1. The van der Waals surface area contributed by atoms with E-state index in [1.165, 1.54) is 0 Å². The van der Waals surface area contributed by atoms with Gasteiger partial charge in [0, 0.05) is 48.7 Å². The Morgan fingerprint density at radius 3 is 2.51 bits per heavy atom. The molecule has 2 aliphatic rings. The van der Waals surface area contributed by atoms with Crippen molar-refractivity contribution in [1.29, 1.82) is 0 Å². The fourth-order valence-corrected chi connectivity index (χ4v) is 5.19. The highest BCUT2D eigenvalue weighted by molar-refractivity contribution is 6.01. The number of likely N-dealkylation sites (tertiary alicyclic amines) is 1. The average molecular weight is 526 g/mol. The Morgan fingerprint density at radius 1 is 1.08 bits per heavy atom. The number of rotatable bonds is 10. The van der Waals surface area contributed by atoms with Crippen LogP contribution in [0.15, 0.2) is 89.0 Å². The highest BCUT2D eigenvalue weighted by Crippen LogP contribution is 2.45. The zero-order chi connectivity index (χ0) is 27.1. The molecule has 5 rings (SSSR count). The minimum atomic E-state index is -1.29. The maximum atomic E-state index is 14.4. The molecule has 1 fully saturated rings. The number of carbonyl (C=O) groups excluding carboxylic acids is 1. The van der Waals surface area contributed by atoms with E-state index in [0.717, 1.165) is 29.5 Å². The van der Waals surface area contributed by atoms with Crippen LogP contribution >= 0.6 is 0 Å². The first-order chi connectivity index (χ1) is 19.1. The number of aliphatic hydroxyl groups excluding tert-OH is 1. The average Bonchev–Trinajstić information content (AvgIpc) is 3.65. The molecule has 1 amide bonds. The molecular weight excluding hydrogens is 494 g/mol. The number of hydrogen-bond acceptors (Lipinski definition) is 6. The monoisotopic (exact) mass is 525 g/mol. The van der Waals surface area contributed by atoms with Crippen molar-refractivity contribution in [2.45, 2.75) is 37.3 Å². The lowest BCUT2D eigenvalue weighted by Gasteiger charge is -2.34. The summed E-state index contributed by atoms with van der Waals surface area (Å²) in [4.78, 5) is 24.4. The predicted octanol–water partition coefficient (Wildman–Crippen LogP) is 5.51. The predicted molar refractivity (Wildman–Crippen MR) is 148 cm³/mol. The summed E-state index contributed by atoms with van der Waals surface area (Å²) in [6.07, 6.45) is 1.98. The van der Waals surface area contributed by atoms with Crippen LogP contribution in [-0.2, 0) is 16.0 Å². The van der Waals surface area contributed by atoms with Crippen molar-refractivity contribution < 1.29 is 19.4 Å². The highest BCUT2D eigenvalue weighted by atomic mass is 16.5. The normalized spacial score (nSPS) is 20.2. The Bertz CT molecular complexity index is 1370. The second kappa shape index (κ2) is 12.0. The number of hydrogen-bond donors (Lipinski definition) is 1. The molecule has 0 bridgehead atoms. The molecule has 2 heterocycles. The topological polar surface area (TPSA) is 120 Å². The van der Waals surface area contributed by atoms with Crippen molar-refractivity contribution in [3.63, 3.8) is 0 Å². The van der Waals surface area contributed by atoms with E-state index in [4.69, 9.17) is 19.6 Å². The lowest BCUT2D eigenvalue weighted by Crippen LogP contribution is -2.51. The number of nitrogens with zero attached hydrogens (tertiary/aromatic N) is 5. The van der Waals surface area contributed by atoms with Gasteiger partial charge in [-0.2, -0.15) is 0 Å². The lowest BCUT2D eigenvalue weighted by molar-refractivity contribution is -0.138. The van der Waals surface area contributed by atoms with Gasteiger partial charge < -0.3 is 19.5 Å². The van der Waals surface area contributed by atoms with E-state index in [0.29, 0.717) is 43.5 Å². The van der Waals surface area contributed by atoms with E-state index in [1.807, 2.05) is 71.6 Å². The van der Waals surface area contributed by atoms with Gasteiger partial charge in [-0.25, -0.2) is 4.99 Å². The molecule has 0 saturated carbocycles. The Balaban J connectivity index is 1.60. The maximum absolute atomic E-state index is 14.4. The van der Waals surface area contributed by atoms with E-state index in [1.54, 1.807) is 12.1 Å². The van der Waals surface area contributed by atoms with E-state index in [9.17, 15) is 10.3 Å². The number of ether oxygens (including phenoxy) is 2. The fourth-order valence-electron chi connectivity index (χ4n) is 5.19. The summed E-state index contributed by atoms with van der Waals surface area (Å²) < 4.78 is 12.2. The first-order valence-electron chi connectivity index (χ1n) is 13.2. The molecule has 1 N–H and O–H groups in total. The molecule has 200 valence electrons. The number of azide groups is 1. The van der Waals surface area contributed by atoms with E-state index < -0.39 is 11.6 Å². The molecule has 3 aromatic rings. The summed E-state index contributed by atoms with van der Waals surface area (Å²) in [5, 5.41) is 12.9. The minimum absolute atomic E-state index is 0.0690. The van der Waals surface area contributed by atoms with Gasteiger partial charge in [0.05, 0.1) is 6.61 Å². The smallest absolute Gasteiger partial charge is 0.255 e. The van der Waals surface area contributed by atoms with Gasteiger partial charge in [0.2, 0.25) is 5.90 Å². The molecule has 0 radical (unpaired) electrons. The Labute approximate surface area is 227 Å². The summed E-state index contributed by atoms with van der Waals surface area (Å²) >= 11 is 0. The lowest BCUT2D eigenvalue weighted by atomic mass is 9.81. The number of aliphatic imine (C=N–C) groups is 1. The number of benzene rings is 3. The van der Waals surface area contributed by atoms with Gasteiger partial charge in [0.15, 0.2) is 11.6 Å².